The summed E-state index contributed by atoms with van der Waals surface area (Å²) in [6, 6.07) is 1.91. The quantitative estimate of drug-likeness (QED) is 0.925. The van der Waals surface area contributed by atoms with Crippen LogP contribution in [0.2, 0.25) is 0 Å². The fourth-order valence-corrected chi connectivity index (χ4v) is 1.51. The van der Waals surface area contributed by atoms with Gasteiger partial charge in [0, 0.05) is 6.20 Å². The molecule has 0 radical (unpaired) electrons. The molecule has 0 bridgehead atoms. The highest BCUT2D eigenvalue weighted by Gasteiger charge is 2.35. The van der Waals surface area contributed by atoms with E-state index in [-0.39, 0.29) is 11.5 Å². The lowest BCUT2D eigenvalue weighted by Crippen LogP contribution is -2.37. The highest BCUT2D eigenvalue weighted by Crippen LogP contribution is 2.30. The fourth-order valence-electron chi connectivity index (χ4n) is 1.51. The molecule has 0 aliphatic rings. The molecule has 2 heterocycles. The molecule has 0 saturated heterocycles. The second-order valence-corrected chi connectivity index (χ2v) is 4.71. The third kappa shape index (κ3) is 2.69. The second kappa shape index (κ2) is 4.79. The normalized spacial score (nSPS) is 12.4. The van der Waals surface area contributed by atoms with Gasteiger partial charge in [0.25, 0.3) is 0 Å². The zero-order valence-corrected chi connectivity index (χ0v) is 11.0. The molecule has 0 fully saturated rings. The first-order valence-corrected chi connectivity index (χ1v) is 5.70. The molecule has 2 rings (SSSR count). The van der Waals surface area contributed by atoms with E-state index < -0.39 is 23.2 Å². The largest absolute Gasteiger partial charge is 0.479 e. The maximum absolute atomic E-state index is 12.5. The van der Waals surface area contributed by atoms with Crippen LogP contribution >= 0.6 is 0 Å². The summed E-state index contributed by atoms with van der Waals surface area (Å²) in [5.74, 6) is -1.22. The van der Waals surface area contributed by atoms with E-state index in [0.717, 1.165) is 16.8 Å². The number of halogens is 3. The zero-order valence-electron chi connectivity index (χ0n) is 11.0. The molecule has 0 amide bonds. The van der Waals surface area contributed by atoms with Gasteiger partial charge in [0.1, 0.15) is 5.69 Å². The molecule has 2 aromatic heterocycles. The highest BCUT2D eigenvalue weighted by molar-refractivity contribution is 5.76. The number of carboxylic acids is 1. The van der Waals surface area contributed by atoms with Crippen molar-refractivity contribution in [1.29, 1.82) is 0 Å². The van der Waals surface area contributed by atoms with Crippen LogP contribution in [-0.2, 0) is 16.5 Å². The smallest absolute Gasteiger partial charge is 0.417 e. The molecule has 0 saturated carbocycles. The molecule has 0 spiro atoms. The average molecular weight is 301 g/mol. The van der Waals surface area contributed by atoms with Gasteiger partial charge < -0.3 is 5.11 Å². The number of tetrazole rings is 1. The van der Waals surface area contributed by atoms with Crippen LogP contribution in [0.25, 0.3) is 11.5 Å². The minimum Gasteiger partial charge on any atom is -0.479 e. The van der Waals surface area contributed by atoms with Crippen molar-refractivity contribution in [1.82, 2.24) is 25.2 Å². The Balaban J connectivity index is 2.45. The molecule has 10 heteroatoms. The zero-order chi connectivity index (χ0) is 15.8. The summed E-state index contributed by atoms with van der Waals surface area (Å²) in [6.45, 7) is 2.72. The number of nitrogens with zero attached hydrogens (tertiary/aromatic N) is 5. The second-order valence-electron chi connectivity index (χ2n) is 4.71. The minimum atomic E-state index is -4.50. The van der Waals surface area contributed by atoms with E-state index >= 15 is 0 Å². The van der Waals surface area contributed by atoms with Crippen molar-refractivity contribution in [3.8, 4) is 11.5 Å². The van der Waals surface area contributed by atoms with Crippen molar-refractivity contribution in [3.05, 3.63) is 23.9 Å². The van der Waals surface area contributed by atoms with E-state index in [1.165, 1.54) is 13.8 Å². The topological polar surface area (TPSA) is 93.8 Å². The van der Waals surface area contributed by atoms with Gasteiger partial charge in [0.2, 0.25) is 5.82 Å². The summed E-state index contributed by atoms with van der Waals surface area (Å²) < 4.78 is 38.4. The number of aromatic nitrogens is 5. The molecule has 7 nitrogen and oxygen atoms in total. The molecule has 2 aromatic rings. The minimum absolute atomic E-state index is 0.0314. The molecule has 21 heavy (non-hydrogen) atoms. The first-order valence-electron chi connectivity index (χ1n) is 5.70. The van der Waals surface area contributed by atoms with Gasteiger partial charge in [-0.1, -0.05) is 0 Å². The van der Waals surface area contributed by atoms with Gasteiger partial charge in [0.15, 0.2) is 5.54 Å². The van der Waals surface area contributed by atoms with Crippen LogP contribution in [-0.4, -0.2) is 36.3 Å². The molecule has 112 valence electrons. The van der Waals surface area contributed by atoms with Crippen molar-refractivity contribution in [3.63, 3.8) is 0 Å². The van der Waals surface area contributed by atoms with Crippen LogP contribution in [0.15, 0.2) is 18.3 Å². The predicted octanol–water partition coefficient (Wildman–Crippen LogP) is 1.57. The standard InChI is InChI=1S/C11H10F3N5O2/c1-10(2,9(20)21)19-8(16-17-18-19)7-4-3-6(5-15-7)11(12,13)14/h3-5H,1-2H3,(H,20,21). The van der Waals surface area contributed by atoms with Crippen molar-refractivity contribution < 1.29 is 23.1 Å². The number of carboxylic acid groups (broad SMARTS) is 1. The Morgan fingerprint density at radius 2 is 1.95 bits per heavy atom. The number of carbonyl (C=O) groups is 1. The van der Waals surface area contributed by atoms with Crippen LogP contribution in [0, 0.1) is 0 Å². The Morgan fingerprint density at radius 1 is 1.29 bits per heavy atom. The van der Waals surface area contributed by atoms with E-state index in [9.17, 15) is 18.0 Å². The number of pyridine rings is 1. The first kappa shape index (κ1) is 14.9. The molecular formula is C11H10F3N5O2. The lowest BCUT2D eigenvalue weighted by molar-refractivity contribution is -0.146. The van der Waals surface area contributed by atoms with Gasteiger partial charge in [0.05, 0.1) is 5.56 Å². The van der Waals surface area contributed by atoms with Gasteiger partial charge in [-0.2, -0.15) is 13.2 Å². The van der Waals surface area contributed by atoms with E-state index in [0.29, 0.717) is 6.20 Å². The van der Waals surface area contributed by atoms with Crippen molar-refractivity contribution in [2.45, 2.75) is 25.6 Å². The molecule has 0 aliphatic carbocycles. The van der Waals surface area contributed by atoms with Crippen LogP contribution in [0.3, 0.4) is 0 Å². The van der Waals surface area contributed by atoms with Crippen LogP contribution in [0.1, 0.15) is 19.4 Å². The molecule has 0 aromatic carbocycles. The Bertz CT molecular complexity index is 663. The third-order valence-corrected chi connectivity index (χ3v) is 2.84. The van der Waals surface area contributed by atoms with Crippen LogP contribution in [0.5, 0.6) is 0 Å². The third-order valence-electron chi connectivity index (χ3n) is 2.84. The summed E-state index contributed by atoms with van der Waals surface area (Å²) in [5.41, 5.74) is -2.34. The summed E-state index contributed by atoms with van der Waals surface area (Å²) in [7, 11) is 0. The van der Waals surface area contributed by atoms with E-state index in [4.69, 9.17) is 5.11 Å². The van der Waals surface area contributed by atoms with Crippen LogP contribution in [0.4, 0.5) is 13.2 Å². The number of hydrogen-bond acceptors (Lipinski definition) is 5. The summed E-state index contributed by atoms with van der Waals surface area (Å²) in [6.07, 6.45) is -3.86. The fraction of sp³-hybridized carbons (Fsp3) is 0.364. The molecule has 0 aliphatic heterocycles. The lowest BCUT2D eigenvalue weighted by Gasteiger charge is -2.20. The lowest BCUT2D eigenvalue weighted by atomic mass is 10.1. The highest BCUT2D eigenvalue weighted by atomic mass is 19.4. The van der Waals surface area contributed by atoms with Crippen LogP contribution < -0.4 is 0 Å². The maximum Gasteiger partial charge on any atom is 0.417 e. The average Bonchev–Trinajstić information content (AvgIpc) is 2.87. The molecular weight excluding hydrogens is 291 g/mol. The van der Waals surface area contributed by atoms with E-state index in [1.807, 2.05) is 0 Å². The Morgan fingerprint density at radius 3 is 2.43 bits per heavy atom. The Hall–Kier alpha value is -2.52. The molecule has 0 atom stereocenters. The number of hydrogen-bond donors (Lipinski definition) is 1. The number of aliphatic carboxylic acids is 1. The maximum atomic E-state index is 12.5. The Labute approximate surface area is 116 Å². The predicted molar refractivity (Wildman–Crippen MR) is 63.0 cm³/mol. The number of rotatable bonds is 3. The summed E-state index contributed by atoms with van der Waals surface area (Å²) in [4.78, 5) is 14.8. The number of alkyl halides is 3. The van der Waals surface area contributed by atoms with Crippen molar-refractivity contribution in [2.24, 2.45) is 0 Å². The Kier molecular flexibility index (Phi) is 3.39. The van der Waals surface area contributed by atoms with E-state index in [1.54, 1.807) is 0 Å². The molecule has 0 unspecified atom stereocenters. The van der Waals surface area contributed by atoms with Gasteiger partial charge in [-0.25, -0.2) is 9.48 Å². The van der Waals surface area contributed by atoms with Crippen molar-refractivity contribution in [2.75, 3.05) is 0 Å². The SMILES string of the molecule is CC(C)(C(=O)O)n1nnnc1-c1ccc(C(F)(F)F)cn1. The van der Waals surface area contributed by atoms with Gasteiger partial charge >= 0.3 is 12.1 Å². The van der Waals surface area contributed by atoms with Crippen molar-refractivity contribution >= 4 is 5.97 Å². The first-order chi connectivity index (χ1) is 9.64. The molecule has 1 N–H and O–H groups in total. The van der Waals surface area contributed by atoms with Gasteiger partial charge in [-0.15, -0.1) is 5.10 Å². The monoisotopic (exact) mass is 301 g/mol. The summed E-state index contributed by atoms with van der Waals surface area (Å²) >= 11 is 0. The summed E-state index contributed by atoms with van der Waals surface area (Å²) in [5, 5.41) is 19.7. The van der Waals surface area contributed by atoms with Gasteiger partial charge in [-0.05, 0) is 36.4 Å². The van der Waals surface area contributed by atoms with E-state index in [2.05, 4.69) is 20.5 Å². The van der Waals surface area contributed by atoms with Gasteiger partial charge in [-0.3, -0.25) is 4.98 Å².